The zero-order valence-electron chi connectivity index (χ0n) is 24.1. The van der Waals surface area contributed by atoms with Gasteiger partial charge in [-0.2, -0.15) is 0 Å². The Kier molecular flexibility index (Phi) is 10.9. The van der Waals surface area contributed by atoms with Gasteiger partial charge >= 0.3 is 0 Å². The second kappa shape index (κ2) is 14.1. The van der Waals surface area contributed by atoms with E-state index in [1.54, 1.807) is 31.2 Å². The Labute approximate surface area is 242 Å². The number of aryl methyl sites for hydroxylation is 1. The fourth-order valence-electron chi connectivity index (χ4n) is 4.16. The molecule has 0 heterocycles. The summed E-state index contributed by atoms with van der Waals surface area (Å²) in [5.41, 5.74) is 1.99. The molecule has 3 rings (SSSR count). The number of halogens is 1. The number of hydrogen-bond donors (Lipinski definition) is 1. The average Bonchev–Trinajstić information content (AvgIpc) is 2.95. The smallest absolute Gasteiger partial charge is 0.264 e. The van der Waals surface area contributed by atoms with Crippen LogP contribution in [0, 0.1) is 12.7 Å². The van der Waals surface area contributed by atoms with Crippen molar-refractivity contribution in [3.05, 3.63) is 89.7 Å². The normalized spacial score (nSPS) is 12.7. The van der Waals surface area contributed by atoms with Gasteiger partial charge in [-0.15, -0.1) is 0 Å². The van der Waals surface area contributed by atoms with Crippen LogP contribution in [-0.2, 0) is 26.2 Å². The van der Waals surface area contributed by atoms with E-state index in [4.69, 9.17) is 4.74 Å². The van der Waals surface area contributed by atoms with E-state index in [-0.39, 0.29) is 29.1 Å². The first-order valence-corrected chi connectivity index (χ1v) is 15.1. The van der Waals surface area contributed by atoms with Crippen LogP contribution in [-0.4, -0.2) is 50.4 Å². The Morgan fingerprint density at radius 3 is 2.17 bits per heavy atom. The van der Waals surface area contributed by atoms with Crippen molar-refractivity contribution in [1.29, 1.82) is 0 Å². The zero-order chi connectivity index (χ0) is 30.2. The molecule has 0 saturated heterocycles. The van der Waals surface area contributed by atoms with Crippen LogP contribution in [0.2, 0.25) is 0 Å². The highest BCUT2D eigenvalue weighted by Crippen LogP contribution is 2.27. The second-order valence-electron chi connectivity index (χ2n) is 9.83. The van der Waals surface area contributed by atoms with Crippen molar-refractivity contribution in [2.45, 2.75) is 64.6 Å². The summed E-state index contributed by atoms with van der Waals surface area (Å²) >= 11 is 0. The van der Waals surface area contributed by atoms with Gasteiger partial charge in [0.05, 0.1) is 17.2 Å². The van der Waals surface area contributed by atoms with Gasteiger partial charge in [-0.25, -0.2) is 12.8 Å². The monoisotopic (exact) mass is 583 g/mol. The first-order valence-electron chi connectivity index (χ1n) is 13.6. The molecule has 3 aromatic rings. The lowest BCUT2D eigenvalue weighted by molar-refractivity contribution is -0.139. The Bertz CT molecular complexity index is 1430. The number of amides is 2. The van der Waals surface area contributed by atoms with Gasteiger partial charge in [-0.3, -0.25) is 13.9 Å². The summed E-state index contributed by atoms with van der Waals surface area (Å²) in [6.45, 7) is 9.15. The van der Waals surface area contributed by atoms with Crippen LogP contribution in [0.25, 0.3) is 0 Å². The van der Waals surface area contributed by atoms with Crippen molar-refractivity contribution in [3.8, 4) is 5.75 Å². The molecule has 0 aliphatic heterocycles. The molecule has 0 radical (unpaired) electrons. The molecule has 0 unspecified atom stereocenters. The van der Waals surface area contributed by atoms with E-state index in [9.17, 15) is 22.4 Å². The molecule has 10 heteroatoms. The van der Waals surface area contributed by atoms with E-state index in [0.29, 0.717) is 18.8 Å². The first-order chi connectivity index (χ1) is 19.5. The van der Waals surface area contributed by atoms with E-state index in [1.165, 1.54) is 4.90 Å². The molecule has 41 heavy (non-hydrogen) atoms. The first kappa shape index (κ1) is 31.6. The maximum atomic E-state index is 14.0. The van der Waals surface area contributed by atoms with Gasteiger partial charge in [0.1, 0.15) is 24.2 Å². The number of rotatable bonds is 13. The number of sulfonamides is 1. The average molecular weight is 584 g/mol. The van der Waals surface area contributed by atoms with Crippen LogP contribution >= 0.6 is 0 Å². The Morgan fingerprint density at radius 2 is 1.59 bits per heavy atom. The molecule has 0 aromatic heterocycles. The number of hydrogen-bond acceptors (Lipinski definition) is 5. The highest BCUT2D eigenvalue weighted by Gasteiger charge is 2.33. The minimum Gasteiger partial charge on any atom is -0.494 e. The molecule has 3 aromatic carbocycles. The van der Waals surface area contributed by atoms with Gasteiger partial charge in [0, 0.05) is 12.6 Å². The molecule has 0 fully saturated rings. The molecule has 2 amide bonds. The van der Waals surface area contributed by atoms with Gasteiger partial charge in [-0.05, 0) is 93.8 Å². The van der Waals surface area contributed by atoms with Crippen LogP contribution in [0.15, 0.2) is 77.7 Å². The molecule has 0 bridgehead atoms. The third kappa shape index (κ3) is 8.07. The predicted molar refractivity (Wildman–Crippen MR) is 158 cm³/mol. The lowest BCUT2D eigenvalue weighted by atomic mass is 10.1. The molecule has 0 aliphatic rings. The van der Waals surface area contributed by atoms with E-state index < -0.39 is 34.3 Å². The largest absolute Gasteiger partial charge is 0.494 e. The van der Waals surface area contributed by atoms with Crippen LogP contribution in [0.5, 0.6) is 5.75 Å². The Hall–Kier alpha value is -3.92. The molecular weight excluding hydrogens is 545 g/mol. The minimum atomic E-state index is -4.30. The third-order valence-corrected chi connectivity index (χ3v) is 8.67. The number of nitrogens with one attached hydrogen (secondary N) is 1. The summed E-state index contributed by atoms with van der Waals surface area (Å²) in [4.78, 5) is 28.4. The SMILES string of the molecule is CCOc1ccc(N(CC(=O)N(Cc2ccccc2C)[C@H](C)C(=O)N[C@@H](C)CC)S(=O)(=O)c2ccc(F)cc2)cc1. The Balaban J connectivity index is 2.04. The van der Waals surface area contributed by atoms with Crippen LogP contribution in [0.4, 0.5) is 10.1 Å². The van der Waals surface area contributed by atoms with Gasteiger partial charge < -0.3 is 15.0 Å². The summed E-state index contributed by atoms with van der Waals surface area (Å²) in [6.07, 6.45) is 0.714. The minimum absolute atomic E-state index is 0.0976. The maximum absolute atomic E-state index is 14.0. The molecule has 2 atom stereocenters. The van der Waals surface area contributed by atoms with Crippen molar-refractivity contribution in [3.63, 3.8) is 0 Å². The van der Waals surface area contributed by atoms with E-state index >= 15 is 0 Å². The molecule has 0 saturated carbocycles. The Morgan fingerprint density at radius 1 is 0.951 bits per heavy atom. The van der Waals surface area contributed by atoms with E-state index in [1.807, 2.05) is 52.0 Å². The van der Waals surface area contributed by atoms with Gasteiger partial charge in [0.25, 0.3) is 10.0 Å². The number of ether oxygens (including phenoxy) is 1. The molecule has 0 spiro atoms. The lowest BCUT2D eigenvalue weighted by Gasteiger charge is -2.32. The van der Waals surface area contributed by atoms with Gasteiger partial charge in [-0.1, -0.05) is 31.2 Å². The molecule has 220 valence electrons. The topological polar surface area (TPSA) is 96.0 Å². The standard InChI is InChI=1S/C31H38FN3O5S/c1-6-23(4)33-31(37)24(5)34(20-25-11-9-8-10-22(25)3)30(36)21-35(27-14-16-28(17-15-27)40-7-2)41(38,39)29-18-12-26(32)13-19-29/h8-19,23-24H,6-7,20-21H2,1-5H3,(H,33,37)/t23-,24+/m0/s1. The number of nitrogens with zero attached hydrogens (tertiary/aromatic N) is 2. The molecule has 1 N–H and O–H groups in total. The van der Waals surface area contributed by atoms with Crippen molar-refractivity contribution < 1.29 is 27.1 Å². The summed E-state index contributed by atoms with van der Waals surface area (Å²) < 4.78 is 47.8. The number of benzene rings is 3. The fourth-order valence-corrected chi connectivity index (χ4v) is 5.57. The highest BCUT2D eigenvalue weighted by atomic mass is 32.2. The summed E-state index contributed by atoms with van der Waals surface area (Å²) in [5, 5.41) is 2.92. The van der Waals surface area contributed by atoms with Gasteiger partial charge in [0.15, 0.2) is 0 Å². The predicted octanol–water partition coefficient (Wildman–Crippen LogP) is 5.06. The maximum Gasteiger partial charge on any atom is 0.264 e. The summed E-state index contributed by atoms with van der Waals surface area (Å²) in [7, 11) is -4.30. The van der Waals surface area contributed by atoms with Crippen LogP contribution in [0.3, 0.4) is 0 Å². The third-order valence-electron chi connectivity index (χ3n) is 6.89. The van der Waals surface area contributed by atoms with Crippen molar-refractivity contribution in [1.82, 2.24) is 10.2 Å². The number of anilines is 1. The van der Waals surface area contributed by atoms with E-state index in [2.05, 4.69) is 5.32 Å². The van der Waals surface area contributed by atoms with Crippen molar-refractivity contribution >= 4 is 27.5 Å². The van der Waals surface area contributed by atoms with Crippen LogP contribution in [0.1, 0.15) is 45.2 Å². The number of carbonyl (C=O) groups excluding carboxylic acids is 2. The highest BCUT2D eigenvalue weighted by molar-refractivity contribution is 7.92. The molecular formula is C31H38FN3O5S. The van der Waals surface area contributed by atoms with Crippen LogP contribution < -0.4 is 14.4 Å². The summed E-state index contributed by atoms with van der Waals surface area (Å²) in [6, 6.07) is 17.3. The number of carbonyl (C=O) groups is 2. The van der Waals surface area contributed by atoms with Crippen molar-refractivity contribution in [2.24, 2.45) is 0 Å². The molecule has 8 nitrogen and oxygen atoms in total. The lowest BCUT2D eigenvalue weighted by Crippen LogP contribution is -2.52. The zero-order valence-corrected chi connectivity index (χ0v) is 24.9. The molecule has 0 aliphatic carbocycles. The van der Waals surface area contributed by atoms with Gasteiger partial charge in [0.2, 0.25) is 11.8 Å². The fraction of sp³-hybridized carbons (Fsp3) is 0.355. The second-order valence-corrected chi connectivity index (χ2v) is 11.7. The summed E-state index contributed by atoms with van der Waals surface area (Å²) in [5.74, 6) is -0.952. The quantitative estimate of drug-likeness (QED) is 0.304. The van der Waals surface area contributed by atoms with E-state index in [0.717, 1.165) is 39.7 Å². The van der Waals surface area contributed by atoms with Crippen molar-refractivity contribution in [2.75, 3.05) is 17.5 Å².